The maximum atomic E-state index is 10.8. The third-order valence-corrected chi connectivity index (χ3v) is 5.32. The monoisotopic (exact) mass is 418 g/mol. The van der Waals surface area contributed by atoms with Gasteiger partial charge in [-0.2, -0.15) is 0 Å². The van der Waals surface area contributed by atoms with Crippen LogP contribution < -0.4 is 0 Å². The van der Waals surface area contributed by atoms with E-state index in [4.69, 9.17) is 9.47 Å². The Labute approximate surface area is 183 Å². The number of allylic oxidation sites excluding steroid dienone is 3. The van der Waals surface area contributed by atoms with Crippen LogP contribution >= 0.6 is 0 Å². The highest BCUT2D eigenvalue weighted by Crippen LogP contribution is 2.37. The number of H-pyrrole nitrogens is 1. The van der Waals surface area contributed by atoms with Gasteiger partial charge in [-0.25, -0.2) is 0 Å². The van der Waals surface area contributed by atoms with Crippen molar-refractivity contribution in [3.63, 3.8) is 0 Å². The minimum atomic E-state index is -0.245. The van der Waals surface area contributed by atoms with Gasteiger partial charge in [0.05, 0.1) is 18.9 Å². The second kappa shape index (κ2) is 9.75. The summed E-state index contributed by atoms with van der Waals surface area (Å²) in [5.41, 5.74) is 7.08. The lowest BCUT2D eigenvalue weighted by Crippen LogP contribution is -2.22. The first-order valence-electron chi connectivity index (χ1n) is 10.3. The summed E-state index contributed by atoms with van der Waals surface area (Å²) in [5, 5.41) is 1.13. The van der Waals surface area contributed by atoms with Crippen LogP contribution in [0.2, 0.25) is 0 Å². The van der Waals surface area contributed by atoms with Crippen molar-refractivity contribution in [3.05, 3.63) is 72.1 Å². The Morgan fingerprint density at radius 2 is 2.10 bits per heavy atom. The van der Waals surface area contributed by atoms with Crippen LogP contribution in [0.1, 0.15) is 37.5 Å². The van der Waals surface area contributed by atoms with Crippen LogP contribution in [0.5, 0.6) is 0 Å². The molecule has 0 spiro atoms. The van der Waals surface area contributed by atoms with Crippen molar-refractivity contribution in [3.8, 4) is 11.3 Å². The summed E-state index contributed by atoms with van der Waals surface area (Å²) >= 11 is 0. The van der Waals surface area contributed by atoms with Crippen molar-refractivity contribution < 1.29 is 14.3 Å². The molecular formula is C26H30N2O3. The van der Waals surface area contributed by atoms with Gasteiger partial charge < -0.3 is 14.5 Å². The fourth-order valence-corrected chi connectivity index (χ4v) is 3.88. The van der Waals surface area contributed by atoms with Gasteiger partial charge in [0, 0.05) is 41.4 Å². The predicted molar refractivity (Wildman–Crippen MR) is 126 cm³/mol. The zero-order chi connectivity index (χ0) is 22.4. The van der Waals surface area contributed by atoms with Gasteiger partial charge in [0.15, 0.2) is 0 Å². The van der Waals surface area contributed by atoms with Crippen molar-refractivity contribution in [2.24, 2.45) is 5.41 Å². The molecule has 1 N–H and O–H groups in total. The number of carbonyl (C=O) groups excluding carboxylic acids is 1. The molecule has 3 rings (SSSR count). The van der Waals surface area contributed by atoms with Crippen molar-refractivity contribution >= 4 is 22.9 Å². The molecule has 0 atom stereocenters. The largest absolute Gasteiger partial charge is 0.467 e. The highest BCUT2D eigenvalue weighted by Gasteiger charge is 2.25. The molecule has 162 valence electrons. The number of ether oxygens (including phenoxy) is 2. The number of nitrogens with zero attached hydrogens (tertiary/aromatic N) is 1. The zero-order valence-corrected chi connectivity index (χ0v) is 18.7. The number of benzene rings is 1. The number of nitrogens with one attached hydrogen (secondary N) is 1. The molecule has 0 saturated heterocycles. The van der Waals surface area contributed by atoms with Crippen LogP contribution in [0.3, 0.4) is 0 Å². The van der Waals surface area contributed by atoms with E-state index in [1.54, 1.807) is 13.3 Å². The van der Waals surface area contributed by atoms with Crippen molar-refractivity contribution in [2.45, 2.75) is 33.8 Å². The van der Waals surface area contributed by atoms with Crippen molar-refractivity contribution in [2.75, 3.05) is 13.7 Å². The molecule has 5 nitrogen and oxygen atoms in total. The molecule has 0 amide bonds. The van der Waals surface area contributed by atoms with Gasteiger partial charge >= 0.3 is 0 Å². The third kappa shape index (κ3) is 5.12. The summed E-state index contributed by atoms with van der Waals surface area (Å²) in [6.45, 7) is 11.7. The Hall–Kier alpha value is -3.18. The quantitative estimate of drug-likeness (QED) is 0.338. The van der Waals surface area contributed by atoms with Crippen LogP contribution in [0.25, 0.3) is 27.7 Å². The first-order valence-corrected chi connectivity index (χ1v) is 10.3. The van der Waals surface area contributed by atoms with E-state index in [0.29, 0.717) is 19.7 Å². The number of hydrogen-bond donors (Lipinski definition) is 1. The molecule has 31 heavy (non-hydrogen) atoms. The second-order valence-corrected chi connectivity index (χ2v) is 8.48. The normalized spacial score (nSPS) is 11.9. The van der Waals surface area contributed by atoms with Crippen LogP contribution in [0.15, 0.2) is 55.4 Å². The number of aromatic nitrogens is 2. The molecule has 2 aromatic heterocycles. The van der Waals surface area contributed by atoms with Crippen LogP contribution in [0, 0.1) is 5.41 Å². The van der Waals surface area contributed by atoms with E-state index in [1.165, 1.54) is 0 Å². The average Bonchev–Trinajstić information content (AvgIpc) is 3.10. The molecule has 1 aromatic carbocycles. The van der Waals surface area contributed by atoms with Gasteiger partial charge in [-0.3, -0.25) is 9.78 Å². The third-order valence-electron chi connectivity index (χ3n) is 5.32. The van der Waals surface area contributed by atoms with Crippen LogP contribution in [-0.4, -0.2) is 30.2 Å². The standard InChI is InChI=1S/C26H30N2O3/c1-6-7-18(2)19-8-9-24-21(12-19)22(13-26(3,4)16-31-17-29)25(28-24)23-14-27-11-10-20(23)15-30-5/h6-12,14,17,28H,2,13,15-16H2,1,3-5H3/b7-6+. The minimum absolute atomic E-state index is 0.245. The molecule has 0 radical (unpaired) electrons. The Kier molecular flexibility index (Phi) is 7.08. The van der Waals surface area contributed by atoms with Crippen molar-refractivity contribution in [1.29, 1.82) is 0 Å². The molecule has 0 aliphatic heterocycles. The second-order valence-electron chi connectivity index (χ2n) is 8.48. The lowest BCUT2D eigenvalue weighted by Gasteiger charge is -2.24. The van der Waals surface area contributed by atoms with Gasteiger partial charge in [-0.15, -0.1) is 0 Å². The molecule has 0 aliphatic rings. The first kappa shape index (κ1) is 22.5. The zero-order valence-electron chi connectivity index (χ0n) is 18.7. The topological polar surface area (TPSA) is 64.2 Å². The number of aromatic amines is 1. The lowest BCUT2D eigenvalue weighted by molar-refractivity contribution is -0.131. The Balaban J connectivity index is 2.21. The maximum absolute atomic E-state index is 10.8. The molecule has 5 heteroatoms. The molecular weight excluding hydrogens is 388 g/mol. The van der Waals surface area contributed by atoms with Gasteiger partial charge in [0.2, 0.25) is 0 Å². The maximum Gasteiger partial charge on any atom is 0.293 e. The van der Waals surface area contributed by atoms with E-state index in [-0.39, 0.29) is 5.41 Å². The van der Waals surface area contributed by atoms with E-state index < -0.39 is 0 Å². The van der Waals surface area contributed by atoms with Gasteiger partial charge in [-0.1, -0.05) is 38.6 Å². The highest BCUT2D eigenvalue weighted by molar-refractivity contribution is 5.94. The minimum Gasteiger partial charge on any atom is -0.467 e. The fraction of sp³-hybridized carbons (Fsp3) is 0.308. The lowest BCUT2D eigenvalue weighted by atomic mass is 9.84. The van der Waals surface area contributed by atoms with Crippen LogP contribution in [0.4, 0.5) is 0 Å². The molecule has 0 fully saturated rings. The molecule has 0 unspecified atom stereocenters. The summed E-state index contributed by atoms with van der Waals surface area (Å²) < 4.78 is 10.5. The molecule has 3 aromatic rings. The van der Waals surface area contributed by atoms with Gasteiger partial charge in [-0.05, 0) is 53.8 Å². The van der Waals surface area contributed by atoms with Gasteiger partial charge in [0.1, 0.15) is 0 Å². The molecule has 0 aliphatic carbocycles. The molecule has 0 bridgehead atoms. The summed E-state index contributed by atoms with van der Waals surface area (Å²) in [6, 6.07) is 8.33. The molecule has 0 saturated carbocycles. The summed E-state index contributed by atoms with van der Waals surface area (Å²) in [6.07, 6.45) is 8.37. The van der Waals surface area contributed by atoms with Gasteiger partial charge in [0.25, 0.3) is 6.47 Å². The number of hydrogen-bond acceptors (Lipinski definition) is 4. The Morgan fingerprint density at radius 3 is 2.81 bits per heavy atom. The summed E-state index contributed by atoms with van der Waals surface area (Å²) in [4.78, 5) is 18.7. The van der Waals surface area contributed by atoms with E-state index in [9.17, 15) is 4.79 Å². The fourth-order valence-electron chi connectivity index (χ4n) is 3.88. The predicted octanol–water partition coefficient (Wildman–Crippen LogP) is 5.71. The number of rotatable bonds is 10. The van der Waals surface area contributed by atoms with E-state index >= 15 is 0 Å². The first-order chi connectivity index (χ1) is 14.9. The van der Waals surface area contributed by atoms with E-state index in [2.05, 4.69) is 48.6 Å². The number of pyridine rings is 1. The Bertz CT molecular complexity index is 1110. The van der Waals surface area contributed by atoms with E-state index in [1.807, 2.05) is 31.3 Å². The highest BCUT2D eigenvalue weighted by atomic mass is 16.5. The van der Waals surface area contributed by atoms with E-state index in [0.717, 1.165) is 50.8 Å². The molecule has 2 heterocycles. The van der Waals surface area contributed by atoms with Crippen LogP contribution in [-0.2, 0) is 27.3 Å². The van der Waals surface area contributed by atoms with Crippen molar-refractivity contribution in [1.82, 2.24) is 9.97 Å². The number of carbonyl (C=O) groups is 1. The summed E-state index contributed by atoms with van der Waals surface area (Å²) in [5.74, 6) is 0. The summed E-state index contributed by atoms with van der Waals surface area (Å²) in [7, 11) is 1.69. The number of methoxy groups -OCH3 is 1. The number of fused-ring (bicyclic) bond motifs is 1. The SMILES string of the molecule is C=C(/C=C/C)c1ccc2[nH]c(-c3cnccc3COC)c(CC(C)(C)COC=O)c2c1. The smallest absolute Gasteiger partial charge is 0.293 e. The Morgan fingerprint density at radius 1 is 1.29 bits per heavy atom. The average molecular weight is 419 g/mol.